The van der Waals surface area contributed by atoms with Gasteiger partial charge in [-0.2, -0.15) is 0 Å². The summed E-state index contributed by atoms with van der Waals surface area (Å²) in [6.45, 7) is 3.07. The van der Waals surface area contributed by atoms with E-state index in [1.165, 1.54) is 4.31 Å². The van der Waals surface area contributed by atoms with Crippen molar-refractivity contribution in [3.63, 3.8) is 0 Å². The number of hydrogen-bond donors (Lipinski definition) is 2. The molecule has 0 atom stereocenters. The Morgan fingerprint density at radius 3 is 2.30 bits per heavy atom. The van der Waals surface area contributed by atoms with Gasteiger partial charge in [0.25, 0.3) is 0 Å². The van der Waals surface area contributed by atoms with Crippen molar-refractivity contribution in [3.8, 4) is 0 Å². The highest BCUT2D eigenvalue weighted by molar-refractivity contribution is 7.89. The molecule has 1 aliphatic rings. The SMILES string of the molecule is CCS(=O)(=O)N1CCC(C(=O)NCCCCCCC(=O)O)CC1. The van der Waals surface area contributed by atoms with Crippen LogP contribution in [0.15, 0.2) is 0 Å². The van der Waals surface area contributed by atoms with Gasteiger partial charge in [-0.3, -0.25) is 9.59 Å². The molecule has 0 aliphatic carbocycles. The minimum atomic E-state index is -3.15. The van der Waals surface area contributed by atoms with Crippen molar-refractivity contribution in [2.75, 3.05) is 25.4 Å². The Morgan fingerprint density at radius 1 is 1.13 bits per heavy atom. The maximum absolute atomic E-state index is 12.0. The Bertz CT molecular complexity index is 484. The van der Waals surface area contributed by atoms with Gasteiger partial charge >= 0.3 is 5.97 Å². The Labute approximate surface area is 138 Å². The molecule has 2 N–H and O–H groups in total. The van der Waals surface area contributed by atoms with Gasteiger partial charge < -0.3 is 10.4 Å². The predicted molar refractivity (Wildman–Crippen MR) is 87.5 cm³/mol. The van der Waals surface area contributed by atoms with Crippen LogP contribution >= 0.6 is 0 Å². The number of amides is 1. The molecule has 0 aromatic carbocycles. The average Bonchev–Trinajstić information content (AvgIpc) is 2.53. The van der Waals surface area contributed by atoms with Gasteiger partial charge in [0.15, 0.2) is 0 Å². The number of nitrogens with zero attached hydrogens (tertiary/aromatic N) is 1. The maximum atomic E-state index is 12.0. The van der Waals surface area contributed by atoms with E-state index in [1.807, 2.05) is 0 Å². The van der Waals surface area contributed by atoms with Crippen LogP contribution < -0.4 is 5.32 Å². The van der Waals surface area contributed by atoms with Gasteiger partial charge in [-0.1, -0.05) is 12.8 Å². The molecule has 1 aliphatic heterocycles. The van der Waals surface area contributed by atoms with Crippen molar-refractivity contribution in [3.05, 3.63) is 0 Å². The Balaban J connectivity index is 2.14. The van der Waals surface area contributed by atoms with Gasteiger partial charge in [0.05, 0.1) is 5.75 Å². The third kappa shape index (κ3) is 7.30. The van der Waals surface area contributed by atoms with E-state index in [4.69, 9.17) is 5.11 Å². The molecule has 1 saturated heterocycles. The molecule has 134 valence electrons. The summed E-state index contributed by atoms with van der Waals surface area (Å²) in [7, 11) is -3.15. The molecule has 8 heteroatoms. The number of unbranched alkanes of at least 4 members (excludes halogenated alkanes) is 3. The summed E-state index contributed by atoms with van der Waals surface area (Å²) in [5, 5.41) is 11.4. The first-order valence-corrected chi connectivity index (χ1v) is 9.95. The van der Waals surface area contributed by atoms with Crippen LogP contribution in [0, 0.1) is 5.92 Å². The van der Waals surface area contributed by atoms with Gasteiger partial charge in [-0.25, -0.2) is 12.7 Å². The van der Waals surface area contributed by atoms with Crippen molar-refractivity contribution < 1.29 is 23.1 Å². The molecule has 0 radical (unpaired) electrons. The largest absolute Gasteiger partial charge is 0.481 e. The Hall–Kier alpha value is -1.15. The first-order chi connectivity index (χ1) is 10.9. The summed E-state index contributed by atoms with van der Waals surface area (Å²) in [6.07, 6.45) is 4.62. The van der Waals surface area contributed by atoms with Gasteiger partial charge in [-0.15, -0.1) is 0 Å². The zero-order valence-electron chi connectivity index (χ0n) is 13.8. The van der Waals surface area contributed by atoms with E-state index in [2.05, 4.69) is 5.32 Å². The van der Waals surface area contributed by atoms with Crippen LogP contribution in [0.3, 0.4) is 0 Å². The fourth-order valence-electron chi connectivity index (χ4n) is 2.69. The normalized spacial score (nSPS) is 17.1. The molecule has 1 fully saturated rings. The van der Waals surface area contributed by atoms with Gasteiger partial charge in [-0.05, 0) is 32.6 Å². The minimum absolute atomic E-state index is 0.00378. The van der Waals surface area contributed by atoms with E-state index in [1.54, 1.807) is 6.92 Å². The quantitative estimate of drug-likeness (QED) is 0.577. The smallest absolute Gasteiger partial charge is 0.303 e. The molecular weight excluding hydrogens is 320 g/mol. The summed E-state index contributed by atoms with van der Waals surface area (Å²) in [4.78, 5) is 22.4. The van der Waals surface area contributed by atoms with Crippen molar-refractivity contribution >= 4 is 21.9 Å². The van der Waals surface area contributed by atoms with Crippen LogP contribution in [-0.4, -0.2) is 55.1 Å². The summed E-state index contributed by atoms with van der Waals surface area (Å²) in [5.41, 5.74) is 0. The topological polar surface area (TPSA) is 104 Å². The van der Waals surface area contributed by atoms with Crippen LogP contribution in [0.2, 0.25) is 0 Å². The van der Waals surface area contributed by atoms with Crippen LogP contribution in [-0.2, 0) is 19.6 Å². The summed E-state index contributed by atoms with van der Waals surface area (Å²) < 4.78 is 25.0. The van der Waals surface area contributed by atoms with Gasteiger partial charge in [0.2, 0.25) is 15.9 Å². The first kappa shape index (κ1) is 19.9. The average molecular weight is 348 g/mol. The molecule has 0 saturated carbocycles. The second kappa shape index (κ2) is 9.87. The number of aliphatic carboxylic acids is 1. The summed E-state index contributed by atoms with van der Waals surface area (Å²) in [5.74, 6) is -0.768. The highest BCUT2D eigenvalue weighted by atomic mass is 32.2. The third-order valence-electron chi connectivity index (χ3n) is 4.20. The third-order valence-corrected chi connectivity index (χ3v) is 6.08. The standard InChI is InChI=1S/C15H28N2O5S/c1-2-23(21,22)17-11-8-13(9-12-17)15(20)16-10-6-4-3-5-7-14(18)19/h13H,2-12H2,1H3,(H,16,20)(H,18,19). The zero-order chi connectivity index (χ0) is 17.3. The molecule has 0 unspecified atom stereocenters. The van der Waals surface area contributed by atoms with E-state index in [0.717, 1.165) is 19.3 Å². The van der Waals surface area contributed by atoms with Crippen LogP contribution in [0.5, 0.6) is 0 Å². The van der Waals surface area contributed by atoms with Crippen molar-refractivity contribution in [1.29, 1.82) is 0 Å². The molecule has 1 amide bonds. The van der Waals surface area contributed by atoms with Crippen LogP contribution in [0.4, 0.5) is 0 Å². The molecule has 7 nitrogen and oxygen atoms in total. The number of rotatable bonds is 10. The molecule has 23 heavy (non-hydrogen) atoms. The number of carboxylic acid groups (broad SMARTS) is 1. The molecule has 0 aromatic heterocycles. The second-order valence-corrected chi connectivity index (χ2v) is 8.18. The highest BCUT2D eigenvalue weighted by Gasteiger charge is 2.29. The molecule has 0 aromatic rings. The number of nitrogens with one attached hydrogen (secondary N) is 1. The number of hydrogen-bond acceptors (Lipinski definition) is 4. The van der Waals surface area contributed by atoms with Crippen molar-refractivity contribution in [1.82, 2.24) is 9.62 Å². The number of carboxylic acids is 1. The number of carbonyl (C=O) groups is 2. The molecule has 0 spiro atoms. The van der Waals surface area contributed by atoms with Gasteiger partial charge in [0, 0.05) is 32.0 Å². The van der Waals surface area contributed by atoms with Crippen LogP contribution in [0.25, 0.3) is 0 Å². The minimum Gasteiger partial charge on any atom is -0.481 e. The molecule has 0 bridgehead atoms. The number of carbonyl (C=O) groups excluding carboxylic acids is 1. The maximum Gasteiger partial charge on any atom is 0.303 e. The fourth-order valence-corrected chi connectivity index (χ4v) is 3.82. The van der Waals surface area contributed by atoms with Gasteiger partial charge in [0.1, 0.15) is 0 Å². The highest BCUT2D eigenvalue weighted by Crippen LogP contribution is 2.20. The number of sulfonamides is 1. The Kier molecular flexibility index (Phi) is 8.54. The van der Waals surface area contributed by atoms with E-state index in [-0.39, 0.29) is 24.0 Å². The predicted octanol–water partition coefficient (Wildman–Crippen LogP) is 1.20. The summed E-state index contributed by atoms with van der Waals surface area (Å²) >= 11 is 0. The lowest BCUT2D eigenvalue weighted by atomic mass is 9.97. The lowest BCUT2D eigenvalue weighted by Crippen LogP contribution is -2.43. The Morgan fingerprint density at radius 2 is 1.74 bits per heavy atom. The molecule has 1 heterocycles. The van der Waals surface area contributed by atoms with E-state index in [9.17, 15) is 18.0 Å². The van der Waals surface area contributed by atoms with E-state index in [0.29, 0.717) is 38.9 Å². The van der Waals surface area contributed by atoms with E-state index < -0.39 is 16.0 Å². The zero-order valence-corrected chi connectivity index (χ0v) is 14.6. The lowest BCUT2D eigenvalue weighted by molar-refractivity contribution is -0.137. The fraction of sp³-hybridized carbons (Fsp3) is 0.867. The monoisotopic (exact) mass is 348 g/mol. The second-order valence-electron chi connectivity index (χ2n) is 5.92. The van der Waals surface area contributed by atoms with Crippen LogP contribution in [0.1, 0.15) is 51.9 Å². The molecule has 1 rings (SSSR count). The summed E-state index contributed by atoms with van der Waals surface area (Å²) in [6, 6.07) is 0. The lowest BCUT2D eigenvalue weighted by Gasteiger charge is -2.30. The van der Waals surface area contributed by atoms with Crippen molar-refractivity contribution in [2.45, 2.75) is 51.9 Å². The van der Waals surface area contributed by atoms with E-state index >= 15 is 0 Å². The van der Waals surface area contributed by atoms with Crippen molar-refractivity contribution in [2.24, 2.45) is 5.92 Å². The number of piperidine rings is 1. The first-order valence-electron chi connectivity index (χ1n) is 8.34. The molecular formula is C15H28N2O5S.